The molecule has 33 heavy (non-hydrogen) atoms. The van der Waals surface area contributed by atoms with Crippen LogP contribution in [0.2, 0.25) is 0 Å². The van der Waals surface area contributed by atoms with E-state index >= 15 is 0 Å². The third kappa shape index (κ3) is 4.28. The fourth-order valence-corrected chi connectivity index (χ4v) is 3.99. The van der Waals surface area contributed by atoms with Crippen LogP contribution in [0, 0.1) is 0 Å². The Morgan fingerprint density at radius 1 is 0.939 bits per heavy atom. The first-order valence-electron chi connectivity index (χ1n) is 11.2. The molecule has 8 heteroatoms. The maximum absolute atomic E-state index is 13.2. The summed E-state index contributed by atoms with van der Waals surface area (Å²) in [6, 6.07) is 14.2. The molecular formula is C25H27N5O3. The molecule has 0 aliphatic heterocycles. The summed E-state index contributed by atoms with van der Waals surface area (Å²) in [5.74, 6) is -0.793. The number of aromatic nitrogens is 4. The van der Waals surface area contributed by atoms with Crippen LogP contribution < -0.4 is 16.4 Å². The minimum Gasteiger partial charge on any atom is -0.351 e. The van der Waals surface area contributed by atoms with Crippen molar-refractivity contribution in [3.63, 3.8) is 0 Å². The van der Waals surface area contributed by atoms with Crippen LogP contribution in [-0.2, 0) is 17.9 Å². The quantitative estimate of drug-likeness (QED) is 0.472. The highest BCUT2D eigenvalue weighted by Crippen LogP contribution is 2.22. The minimum atomic E-state index is -0.580. The molecule has 0 saturated carbocycles. The predicted octanol–water partition coefficient (Wildman–Crippen LogP) is 2.82. The number of nitrogens with zero attached hydrogens (tertiary/aromatic N) is 4. The van der Waals surface area contributed by atoms with Crippen LogP contribution in [0.1, 0.15) is 38.8 Å². The third-order valence-electron chi connectivity index (χ3n) is 5.99. The fourth-order valence-electron chi connectivity index (χ4n) is 3.99. The van der Waals surface area contributed by atoms with Crippen molar-refractivity contribution in [2.45, 2.75) is 52.2 Å². The van der Waals surface area contributed by atoms with Gasteiger partial charge in [-0.15, -0.1) is 0 Å². The Morgan fingerprint density at radius 2 is 1.58 bits per heavy atom. The number of aryl methyl sites for hydroxylation is 1. The van der Waals surface area contributed by atoms with E-state index in [1.165, 1.54) is 9.36 Å². The Kier molecular flexibility index (Phi) is 6.35. The molecule has 2 aromatic carbocycles. The van der Waals surface area contributed by atoms with Crippen molar-refractivity contribution in [3.05, 3.63) is 81.1 Å². The molecule has 2 atom stereocenters. The van der Waals surface area contributed by atoms with Crippen LogP contribution in [0.3, 0.4) is 0 Å². The highest BCUT2D eigenvalue weighted by atomic mass is 16.2. The lowest BCUT2D eigenvalue weighted by Gasteiger charge is -2.21. The lowest BCUT2D eigenvalue weighted by molar-refractivity contribution is -0.123. The molecule has 4 aromatic rings. The van der Waals surface area contributed by atoms with Gasteiger partial charge in [0, 0.05) is 23.4 Å². The first-order valence-corrected chi connectivity index (χ1v) is 11.2. The summed E-state index contributed by atoms with van der Waals surface area (Å²) >= 11 is 0. The van der Waals surface area contributed by atoms with Gasteiger partial charge in [-0.05, 0) is 32.4 Å². The van der Waals surface area contributed by atoms with E-state index in [0.717, 1.165) is 5.39 Å². The number of hydrogen-bond acceptors (Lipinski definition) is 5. The molecule has 4 rings (SSSR count). The number of fused-ring (bicyclic) bond motifs is 2. The summed E-state index contributed by atoms with van der Waals surface area (Å²) in [5, 5.41) is 14.4. The molecule has 0 aliphatic carbocycles. The summed E-state index contributed by atoms with van der Waals surface area (Å²) in [4.78, 5) is 38.6. The maximum atomic E-state index is 13.2. The van der Waals surface area contributed by atoms with E-state index in [4.69, 9.17) is 0 Å². The summed E-state index contributed by atoms with van der Waals surface area (Å²) < 4.78 is 2.78. The van der Waals surface area contributed by atoms with Gasteiger partial charge in [0.2, 0.25) is 5.91 Å². The van der Waals surface area contributed by atoms with Crippen molar-refractivity contribution in [1.29, 1.82) is 0 Å². The average Bonchev–Trinajstić information content (AvgIpc) is 2.85. The van der Waals surface area contributed by atoms with E-state index in [1.807, 2.05) is 44.2 Å². The van der Waals surface area contributed by atoms with Gasteiger partial charge in [-0.25, -0.2) is 9.36 Å². The number of benzene rings is 2. The molecule has 8 nitrogen and oxygen atoms in total. The molecule has 1 unspecified atom stereocenters. The lowest BCUT2D eigenvalue weighted by Crippen LogP contribution is -2.42. The van der Waals surface area contributed by atoms with Crippen LogP contribution in [-0.4, -0.2) is 31.5 Å². The van der Waals surface area contributed by atoms with Crippen molar-refractivity contribution in [2.24, 2.45) is 0 Å². The molecular weight excluding hydrogens is 418 g/mol. The Hall–Kier alpha value is -3.81. The van der Waals surface area contributed by atoms with Gasteiger partial charge in [0.1, 0.15) is 0 Å². The van der Waals surface area contributed by atoms with E-state index in [1.54, 1.807) is 31.3 Å². The SMILES string of the molecule is CC[C@@H](Cn1ncc2ccccc2c1=O)NC(=O)C(C)c1nn(CC)c(=O)c2ccccc12. The number of hydrogen-bond donors (Lipinski definition) is 1. The Morgan fingerprint density at radius 3 is 2.27 bits per heavy atom. The Bertz CT molecular complexity index is 1440. The van der Waals surface area contributed by atoms with Crippen molar-refractivity contribution in [2.75, 3.05) is 0 Å². The Balaban J connectivity index is 1.60. The maximum Gasteiger partial charge on any atom is 0.274 e. The van der Waals surface area contributed by atoms with Crippen LogP contribution in [0.15, 0.2) is 64.3 Å². The highest BCUT2D eigenvalue weighted by Gasteiger charge is 2.24. The smallest absolute Gasteiger partial charge is 0.274 e. The molecule has 0 aliphatic rings. The zero-order valence-electron chi connectivity index (χ0n) is 19.0. The van der Waals surface area contributed by atoms with Crippen molar-refractivity contribution >= 4 is 27.5 Å². The van der Waals surface area contributed by atoms with E-state index in [2.05, 4.69) is 15.5 Å². The summed E-state index contributed by atoms with van der Waals surface area (Å²) in [6.07, 6.45) is 2.29. The molecule has 1 amide bonds. The zero-order valence-corrected chi connectivity index (χ0v) is 19.0. The van der Waals surface area contributed by atoms with Crippen LogP contribution >= 0.6 is 0 Å². The topological polar surface area (TPSA) is 98.9 Å². The molecule has 0 bridgehead atoms. The van der Waals surface area contributed by atoms with E-state index in [9.17, 15) is 14.4 Å². The van der Waals surface area contributed by atoms with Gasteiger partial charge >= 0.3 is 0 Å². The fraction of sp³-hybridized carbons (Fsp3) is 0.320. The van der Waals surface area contributed by atoms with Gasteiger partial charge in [-0.1, -0.05) is 43.3 Å². The largest absolute Gasteiger partial charge is 0.351 e. The predicted molar refractivity (Wildman–Crippen MR) is 128 cm³/mol. The van der Waals surface area contributed by atoms with Gasteiger partial charge in [0.05, 0.1) is 35.1 Å². The zero-order chi connectivity index (χ0) is 23.5. The van der Waals surface area contributed by atoms with Gasteiger partial charge < -0.3 is 5.32 Å². The summed E-state index contributed by atoms with van der Waals surface area (Å²) in [5.41, 5.74) is 0.203. The second kappa shape index (κ2) is 9.36. The average molecular weight is 446 g/mol. The minimum absolute atomic E-state index is 0.169. The van der Waals surface area contributed by atoms with Crippen LogP contribution in [0.25, 0.3) is 21.5 Å². The van der Waals surface area contributed by atoms with E-state index < -0.39 is 5.92 Å². The molecule has 1 N–H and O–H groups in total. The molecule has 0 radical (unpaired) electrons. The van der Waals surface area contributed by atoms with Gasteiger partial charge in [-0.2, -0.15) is 10.2 Å². The van der Waals surface area contributed by atoms with Gasteiger partial charge in [0.15, 0.2) is 0 Å². The second-order valence-electron chi connectivity index (χ2n) is 8.11. The second-order valence-corrected chi connectivity index (χ2v) is 8.11. The standard InChI is InChI=1S/C25H27N5O3/c1-4-18(15-30-24(32)19-11-7-6-10-17(19)14-26-30)27-23(31)16(3)22-20-12-8-9-13-21(20)25(33)29(5-2)28-22/h6-14,16,18H,4-5,15H2,1-3H3,(H,27,31)/t16?,18-/m0/s1. The van der Waals surface area contributed by atoms with Crippen molar-refractivity contribution in [3.8, 4) is 0 Å². The van der Waals surface area contributed by atoms with Crippen molar-refractivity contribution < 1.29 is 4.79 Å². The Labute approximate surface area is 190 Å². The molecule has 2 aromatic heterocycles. The molecule has 0 spiro atoms. The number of carbonyl (C=O) groups excluding carboxylic acids is 1. The lowest BCUT2D eigenvalue weighted by atomic mass is 10.00. The highest BCUT2D eigenvalue weighted by molar-refractivity contribution is 5.91. The monoisotopic (exact) mass is 445 g/mol. The summed E-state index contributed by atoms with van der Waals surface area (Å²) in [7, 11) is 0. The van der Waals surface area contributed by atoms with Gasteiger partial charge in [-0.3, -0.25) is 14.4 Å². The van der Waals surface area contributed by atoms with Crippen molar-refractivity contribution in [1.82, 2.24) is 24.9 Å². The normalized spacial score (nSPS) is 13.2. The number of carbonyl (C=O) groups is 1. The third-order valence-corrected chi connectivity index (χ3v) is 5.99. The van der Waals surface area contributed by atoms with E-state index in [0.29, 0.717) is 34.8 Å². The van der Waals surface area contributed by atoms with Crippen LogP contribution in [0.5, 0.6) is 0 Å². The van der Waals surface area contributed by atoms with Crippen LogP contribution in [0.4, 0.5) is 0 Å². The molecule has 2 heterocycles. The first kappa shape index (κ1) is 22.4. The molecule has 0 fully saturated rings. The molecule has 170 valence electrons. The number of nitrogens with one attached hydrogen (secondary N) is 1. The number of rotatable bonds is 7. The summed E-state index contributed by atoms with van der Waals surface area (Å²) in [6.45, 7) is 6.26. The van der Waals surface area contributed by atoms with E-state index in [-0.39, 0.29) is 29.6 Å². The number of amides is 1. The molecule has 0 saturated heterocycles. The van der Waals surface area contributed by atoms with Gasteiger partial charge in [0.25, 0.3) is 11.1 Å². The first-order chi connectivity index (χ1) is 15.9.